The van der Waals surface area contributed by atoms with Gasteiger partial charge in [-0.2, -0.15) is 4.98 Å². The number of carbonyl (C=O) groups is 3. The fourth-order valence-corrected chi connectivity index (χ4v) is 3.88. The molecule has 0 radical (unpaired) electrons. The molecule has 176 valence electrons. The molecule has 9 heteroatoms. The van der Waals surface area contributed by atoms with Gasteiger partial charge in [-0.05, 0) is 40.6 Å². The van der Waals surface area contributed by atoms with Crippen LogP contribution in [0.1, 0.15) is 33.0 Å². The fraction of sp³-hybridized carbons (Fsp3) is 0.115. The summed E-state index contributed by atoms with van der Waals surface area (Å²) < 4.78 is 5.03. The van der Waals surface area contributed by atoms with Crippen molar-refractivity contribution in [1.29, 1.82) is 0 Å². The maximum atomic E-state index is 13.4. The molecule has 0 atom stereocenters. The molecule has 35 heavy (non-hydrogen) atoms. The van der Waals surface area contributed by atoms with Crippen molar-refractivity contribution in [1.82, 2.24) is 9.97 Å². The van der Waals surface area contributed by atoms with E-state index in [2.05, 4.69) is 9.97 Å². The summed E-state index contributed by atoms with van der Waals surface area (Å²) in [4.78, 5) is 47.1. The van der Waals surface area contributed by atoms with E-state index in [4.69, 9.17) is 22.1 Å². The van der Waals surface area contributed by atoms with E-state index in [-0.39, 0.29) is 28.8 Å². The number of fused-ring (bicyclic) bond motifs is 1. The number of methoxy groups -OCH3 is 1. The molecule has 1 aromatic heterocycles. The van der Waals surface area contributed by atoms with Crippen LogP contribution in [0.4, 0.5) is 5.69 Å². The summed E-state index contributed by atoms with van der Waals surface area (Å²) in [5, 5.41) is 2.18. The van der Waals surface area contributed by atoms with E-state index in [0.717, 1.165) is 16.3 Å². The highest BCUT2D eigenvalue weighted by atomic mass is 35.5. The van der Waals surface area contributed by atoms with Gasteiger partial charge in [-0.3, -0.25) is 14.4 Å². The maximum Gasteiger partial charge on any atom is 0.250 e. The molecular formula is C26H21ClN4O4. The van der Waals surface area contributed by atoms with Gasteiger partial charge in [0.15, 0.2) is 5.82 Å². The first-order valence-corrected chi connectivity index (χ1v) is 11.0. The predicted octanol–water partition coefficient (Wildman–Crippen LogP) is 4.20. The number of halogens is 1. The molecule has 0 saturated heterocycles. The Hall–Kier alpha value is -4.30. The number of amides is 2. The van der Waals surface area contributed by atoms with Gasteiger partial charge in [-0.25, -0.2) is 4.98 Å². The molecule has 4 aromatic rings. The number of carbonyl (C=O) groups excluding carboxylic acids is 3. The molecule has 0 saturated carbocycles. The number of primary amides is 1. The van der Waals surface area contributed by atoms with Gasteiger partial charge >= 0.3 is 0 Å². The molecule has 0 aliphatic rings. The van der Waals surface area contributed by atoms with Gasteiger partial charge in [0, 0.05) is 18.0 Å². The Labute approximate surface area is 206 Å². The lowest BCUT2D eigenvalue weighted by Crippen LogP contribution is -2.32. The molecule has 3 aromatic carbocycles. The number of rotatable bonds is 8. The largest absolute Gasteiger partial charge is 0.481 e. The van der Waals surface area contributed by atoms with E-state index in [1.807, 2.05) is 42.5 Å². The number of ether oxygens (including phenoxy) is 1. The van der Waals surface area contributed by atoms with E-state index in [1.54, 1.807) is 6.07 Å². The van der Waals surface area contributed by atoms with Crippen LogP contribution in [0.5, 0.6) is 5.88 Å². The number of aromatic nitrogens is 2. The number of Topliss-reactive ketones (excluding diaryl/α,β-unsaturated/α-hetero) is 1. The first-order valence-electron chi connectivity index (χ1n) is 10.6. The van der Waals surface area contributed by atoms with Crippen molar-refractivity contribution in [2.45, 2.75) is 13.0 Å². The van der Waals surface area contributed by atoms with Crippen LogP contribution in [-0.4, -0.2) is 34.7 Å². The van der Waals surface area contributed by atoms with Crippen LogP contribution < -0.4 is 15.4 Å². The van der Waals surface area contributed by atoms with E-state index < -0.39 is 24.0 Å². The molecule has 0 fully saturated rings. The number of benzene rings is 3. The lowest BCUT2D eigenvalue weighted by molar-refractivity contribution is -0.117. The third kappa shape index (κ3) is 5.44. The zero-order valence-corrected chi connectivity index (χ0v) is 19.5. The van der Waals surface area contributed by atoms with Gasteiger partial charge in [-0.1, -0.05) is 48.0 Å². The smallest absolute Gasteiger partial charge is 0.250 e. The highest BCUT2D eigenvalue weighted by Crippen LogP contribution is 2.27. The molecule has 0 aliphatic carbocycles. The van der Waals surface area contributed by atoms with Gasteiger partial charge in [0.2, 0.25) is 23.5 Å². The summed E-state index contributed by atoms with van der Waals surface area (Å²) in [5.41, 5.74) is 6.75. The minimum atomic E-state index is -0.681. The Morgan fingerprint density at radius 1 is 1.00 bits per heavy atom. The maximum absolute atomic E-state index is 13.4. The number of anilines is 1. The Balaban J connectivity index is 1.67. The number of nitrogens with two attached hydrogens (primary N) is 1. The van der Waals surface area contributed by atoms with Crippen molar-refractivity contribution < 1.29 is 19.1 Å². The lowest BCUT2D eigenvalue weighted by atomic mass is 10.1. The van der Waals surface area contributed by atoms with Crippen LogP contribution in [0.15, 0.2) is 72.9 Å². The normalized spacial score (nSPS) is 10.7. The molecular weight excluding hydrogens is 468 g/mol. The second kappa shape index (κ2) is 10.3. The van der Waals surface area contributed by atoms with Gasteiger partial charge in [0.25, 0.3) is 0 Å². The monoisotopic (exact) mass is 488 g/mol. The average Bonchev–Trinajstić information content (AvgIpc) is 2.86. The van der Waals surface area contributed by atoms with Crippen molar-refractivity contribution in [3.05, 3.63) is 94.9 Å². The Morgan fingerprint density at radius 2 is 1.77 bits per heavy atom. The summed E-state index contributed by atoms with van der Waals surface area (Å²) in [7, 11) is 1.42. The Kier molecular flexibility index (Phi) is 7.03. The van der Waals surface area contributed by atoms with E-state index in [1.165, 1.54) is 36.4 Å². The number of hydrogen-bond donors (Lipinski definition) is 1. The van der Waals surface area contributed by atoms with Crippen LogP contribution in [0.25, 0.3) is 10.8 Å². The predicted molar refractivity (Wildman–Crippen MR) is 133 cm³/mol. The zero-order chi connectivity index (χ0) is 24.9. The first-order chi connectivity index (χ1) is 16.9. The Bertz CT molecular complexity index is 1440. The summed E-state index contributed by atoms with van der Waals surface area (Å²) in [5.74, 6) is -1.63. The van der Waals surface area contributed by atoms with Crippen LogP contribution in [-0.2, 0) is 11.3 Å². The van der Waals surface area contributed by atoms with E-state index in [0.29, 0.717) is 5.69 Å². The van der Waals surface area contributed by atoms with Gasteiger partial charge in [-0.15, -0.1) is 0 Å². The molecule has 2 N–H and O–H groups in total. The van der Waals surface area contributed by atoms with Crippen LogP contribution in [0.3, 0.4) is 0 Å². The van der Waals surface area contributed by atoms with Crippen LogP contribution in [0, 0.1) is 0 Å². The molecule has 0 spiro atoms. The van der Waals surface area contributed by atoms with Gasteiger partial charge in [0.05, 0.1) is 30.7 Å². The van der Waals surface area contributed by atoms with Crippen molar-refractivity contribution in [3.63, 3.8) is 0 Å². The molecule has 2 amide bonds. The number of ketones is 1. The molecule has 0 aliphatic heterocycles. The number of hydrogen-bond acceptors (Lipinski definition) is 6. The van der Waals surface area contributed by atoms with Crippen LogP contribution >= 0.6 is 11.6 Å². The SMILES string of the molecule is COc1ccnc(C(=O)CC(=O)N(Cc2ccc3ccccc3c2)c2ccc(C(N)=O)c(Cl)c2)n1. The second-order valence-corrected chi connectivity index (χ2v) is 8.12. The quantitative estimate of drug-likeness (QED) is 0.293. The second-order valence-electron chi connectivity index (χ2n) is 7.71. The fourth-order valence-electron chi connectivity index (χ4n) is 3.62. The average molecular weight is 489 g/mol. The zero-order valence-electron chi connectivity index (χ0n) is 18.8. The standard InChI is InChI=1S/C26H21ClN4O4/c1-35-23-10-11-29-26(30-23)22(32)14-24(33)31(19-8-9-20(25(28)34)21(27)13-19)15-16-6-7-17-4-2-3-5-18(17)12-16/h2-13H,14-15H2,1H3,(H2,28,34). The summed E-state index contributed by atoms with van der Waals surface area (Å²) in [6.07, 6.45) is 0.911. The van der Waals surface area contributed by atoms with Gasteiger partial charge < -0.3 is 15.4 Å². The highest BCUT2D eigenvalue weighted by Gasteiger charge is 2.23. The topological polar surface area (TPSA) is 115 Å². The summed E-state index contributed by atoms with van der Waals surface area (Å²) in [6, 6.07) is 19.7. The summed E-state index contributed by atoms with van der Waals surface area (Å²) in [6.45, 7) is 0.169. The molecule has 8 nitrogen and oxygen atoms in total. The van der Waals surface area contributed by atoms with Crippen molar-refractivity contribution >= 4 is 45.7 Å². The van der Waals surface area contributed by atoms with Crippen LogP contribution in [0.2, 0.25) is 5.02 Å². The molecule has 4 rings (SSSR count). The Morgan fingerprint density at radius 3 is 2.49 bits per heavy atom. The molecule has 1 heterocycles. The molecule has 0 unspecified atom stereocenters. The lowest BCUT2D eigenvalue weighted by Gasteiger charge is -2.23. The van der Waals surface area contributed by atoms with Gasteiger partial charge in [0.1, 0.15) is 0 Å². The third-order valence-corrected chi connectivity index (χ3v) is 5.70. The highest BCUT2D eigenvalue weighted by molar-refractivity contribution is 6.34. The minimum absolute atomic E-state index is 0.105. The van der Waals surface area contributed by atoms with E-state index in [9.17, 15) is 14.4 Å². The van der Waals surface area contributed by atoms with Crippen molar-refractivity contribution in [2.75, 3.05) is 12.0 Å². The minimum Gasteiger partial charge on any atom is -0.481 e. The third-order valence-electron chi connectivity index (χ3n) is 5.39. The van der Waals surface area contributed by atoms with Crippen molar-refractivity contribution in [2.24, 2.45) is 5.73 Å². The van der Waals surface area contributed by atoms with E-state index >= 15 is 0 Å². The number of nitrogens with zero attached hydrogens (tertiary/aromatic N) is 3. The van der Waals surface area contributed by atoms with Crippen molar-refractivity contribution in [3.8, 4) is 5.88 Å². The first kappa shape index (κ1) is 23.8. The summed E-state index contributed by atoms with van der Waals surface area (Å²) >= 11 is 6.25. The molecule has 0 bridgehead atoms.